The third-order valence-electron chi connectivity index (χ3n) is 4.03. The van der Waals surface area contributed by atoms with Gasteiger partial charge in [0, 0.05) is 17.4 Å². The van der Waals surface area contributed by atoms with Crippen LogP contribution in [0.15, 0.2) is 42.5 Å². The average molecular weight is 282 g/mol. The molecule has 3 nitrogen and oxygen atoms in total. The van der Waals surface area contributed by atoms with Crippen molar-refractivity contribution in [1.29, 1.82) is 0 Å². The van der Waals surface area contributed by atoms with Gasteiger partial charge in [0.2, 0.25) is 0 Å². The van der Waals surface area contributed by atoms with Crippen LogP contribution in [0.4, 0.5) is 0 Å². The van der Waals surface area contributed by atoms with Crippen LogP contribution in [0.5, 0.6) is 5.75 Å². The summed E-state index contributed by atoms with van der Waals surface area (Å²) in [7, 11) is -1.46. The van der Waals surface area contributed by atoms with E-state index < -0.39 is 7.12 Å². The number of rotatable bonds is 3. The lowest BCUT2D eigenvalue weighted by Crippen LogP contribution is -2.31. The first-order chi connectivity index (χ1) is 9.97. The van der Waals surface area contributed by atoms with Crippen molar-refractivity contribution in [3.8, 4) is 5.75 Å². The van der Waals surface area contributed by atoms with Crippen LogP contribution in [0.3, 0.4) is 0 Å². The van der Waals surface area contributed by atoms with Gasteiger partial charge in [-0.1, -0.05) is 56.3 Å². The molecule has 0 aromatic heterocycles. The molecule has 1 aliphatic rings. The minimum Gasteiger partial charge on any atom is -0.492 e. The summed E-state index contributed by atoms with van der Waals surface area (Å²) in [5, 5.41) is 19.1. The summed E-state index contributed by atoms with van der Waals surface area (Å²) in [5.74, 6) is 0.897. The second-order valence-corrected chi connectivity index (χ2v) is 6.27. The molecule has 0 fully saturated rings. The predicted octanol–water partition coefficient (Wildman–Crippen LogP) is 1.63. The van der Waals surface area contributed by atoms with Gasteiger partial charge in [-0.05, 0) is 16.6 Å². The van der Waals surface area contributed by atoms with Gasteiger partial charge in [-0.2, -0.15) is 0 Å². The van der Waals surface area contributed by atoms with Crippen LogP contribution in [0.1, 0.15) is 30.5 Å². The van der Waals surface area contributed by atoms with E-state index in [1.165, 1.54) is 5.56 Å². The Morgan fingerprint density at radius 1 is 1.14 bits per heavy atom. The molecular weight excluding hydrogens is 263 g/mol. The summed E-state index contributed by atoms with van der Waals surface area (Å²) in [5.41, 5.74) is 3.66. The van der Waals surface area contributed by atoms with Crippen molar-refractivity contribution < 1.29 is 14.8 Å². The van der Waals surface area contributed by atoms with E-state index >= 15 is 0 Å². The largest absolute Gasteiger partial charge is 0.492 e. The summed E-state index contributed by atoms with van der Waals surface area (Å²) in [6, 6.07) is 13.8. The Hall–Kier alpha value is -1.78. The van der Waals surface area contributed by atoms with Gasteiger partial charge in [-0.3, -0.25) is 0 Å². The zero-order valence-electron chi connectivity index (χ0n) is 12.3. The van der Waals surface area contributed by atoms with Crippen LogP contribution in [-0.2, 0) is 11.8 Å². The Morgan fingerprint density at radius 2 is 1.86 bits per heavy atom. The maximum atomic E-state index is 9.53. The van der Waals surface area contributed by atoms with Gasteiger partial charge in [0.15, 0.2) is 0 Å². The van der Waals surface area contributed by atoms with E-state index in [0.29, 0.717) is 12.1 Å². The summed E-state index contributed by atoms with van der Waals surface area (Å²) in [4.78, 5) is 0. The summed E-state index contributed by atoms with van der Waals surface area (Å²) >= 11 is 0. The molecule has 2 aromatic rings. The topological polar surface area (TPSA) is 49.7 Å². The molecule has 1 heterocycles. The molecule has 2 aromatic carbocycles. The highest BCUT2D eigenvalue weighted by molar-refractivity contribution is 6.58. The number of hydrogen-bond donors (Lipinski definition) is 2. The van der Waals surface area contributed by atoms with Crippen LogP contribution in [0, 0.1) is 0 Å². The van der Waals surface area contributed by atoms with Crippen molar-refractivity contribution in [2.45, 2.75) is 25.7 Å². The van der Waals surface area contributed by atoms with Crippen LogP contribution in [-0.4, -0.2) is 23.8 Å². The number of hydrogen-bond acceptors (Lipinski definition) is 3. The Labute approximate surface area is 125 Å². The monoisotopic (exact) mass is 282 g/mol. The van der Waals surface area contributed by atoms with Crippen molar-refractivity contribution in [2.75, 3.05) is 6.61 Å². The molecular formula is C17H19BO3. The van der Waals surface area contributed by atoms with E-state index in [9.17, 15) is 10.0 Å². The van der Waals surface area contributed by atoms with E-state index in [1.54, 1.807) is 0 Å². The van der Waals surface area contributed by atoms with E-state index in [0.717, 1.165) is 23.3 Å². The Bertz CT molecular complexity index is 651. The quantitative estimate of drug-likeness (QED) is 0.841. The SMILES string of the molecule is CC1(C)COc2c(Cc3ccccc3)cc(B(O)O)cc21. The highest BCUT2D eigenvalue weighted by Gasteiger charge is 2.34. The molecule has 3 rings (SSSR count). The van der Waals surface area contributed by atoms with Crippen LogP contribution in [0.25, 0.3) is 0 Å². The van der Waals surface area contributed by atoms with Gasteiger partial charge in [0.05, 0.1) is 6.61 Å². The molecule has 0 saturated heterocycles. The first kappa shape index (κ1) is 14.2. The molecule has 0 bridgehead atoms. The van der Waals surface area contributed by atoms with Gasteiger partial charge < -0.3 is 14.8 Å². The summed E-state index contributed by atoms with van der Waals surface area (Å²) < 4.78 is 5.89. The van der Waals surface area contributed by atoms with Gasteiger partial charge in [0.1, 0.15) is 5.75 Å². The van der Waals surface area contributed by atoms with Crippen LogP contribution in [0.2, 0.25) is 0 Å². The average Bonchev–Trinajstić information content (AvgIpc) is 2.76. The minimum atomic E-state index is -1.46. The molecule has 0 aliphatic carbocycles. The molecule has 0 atom stereocenters. The third-order valence-corrected chi connectivity index (χ3v) is 4.03. The second kappa shape index (κ2) is 5.21. The Morgan fingerprint density at radius 3 is 2.52 bits per heavy atom. The second-order valence-electron chi connectivity index (χ2n) is 6.27. The van der Waals surface area contributed by atoms with Crippen molar-refractivity contribution in [1.82, 2.24) is 0 Å². The lowest BCUT2D eigenvalue weighted by Gasteiger charge is -2.17. The highest BCUT2D eigenvalue weighted by Crippen LogP contribution is 2.40. The molecule has 108 valence electrons. The smallest absolute Gasteiger partial charge is 0.488 e. The van der Waals surface area contributed by atoms with Gasteiger partial charge >= 0.3 is 7.12 Å². The first-order valence-corrected chi connectivity index (χ1v) is 7.17. The van der Waals surface area contributed by atoms with Crippen molar-refractivity contribution in [3.63, 3.8) is 0 Å². The van der Waals surface area contributed by atoms with Crippen LogP contribution < -0.4 is 10.2 Å². The Kier molecular flexibility index (Phi) is 3.51. The standard InChI is InChI=1S/C17H19BO3/c1-17(2)11-21-16-13(8-12-6-4-3-5-7-12)9-14(18(19)20)10-15(16)17/h3-7,9-10,19-20H,8,11H2,1-2H3. The minimum absolute atomic E-state index is 0.105. The van der Waals surface area contributed by atoms with Crippen molar-refractivity contribution >= 4 is 12.6 Å². The third kappa shape index (κ3) is 2.69. The van der Waals surface area contributed by atoms with Gasteiger partial charge in [-0.15, -0.1) is 0 Å². The van der Waals surface area contributed by atoms with Crippen molar-refractivity contribution in [2.24, 2.45) is 0 Å². The van der Waals surface area contributed by atoms with E-state index in [-0.39, 0.29) is 5.41 Å². The van der Waals surface area contributed by atoms with Gasteiger partial charge in [0.25, 0.3) is 0 Å². The fraction of sp³-hybridized carbons (Fsp3) is 0.294. The zero-order chi connectivity index (χ0) is 15.0. The first-order valence-electron chi connectivity index (χ1n) is 7.17. The zero-order valence-corrected chi connectivity index (χ0v) is 12.3. The summed E-state index contributed by atoms with van der Waals surface area (Å²) in [6.45, 7) is 4.84. The van der Waals surface area contributed by atoms with Crippen molar-refractivity contribution in [3.05, 3.63) is 59.2 Å². The molecule has 0 amide bonds. The summed E-state index contributed by atoms with van der Waals surface area (Å²) in [6.07, 6.45) is 0.722. The lowest BCUT2D eigenvalue weighted by molar-refractivity contribution is 0.289. The number of ether oxygens (including phenoxy) is 1. The fourth-order valence-corrected chi connectivity index (χ4v) is 2.81. The molecule has 4 heteroatoms. The molecule has 0 unspecified atom stereocenters. The fourth-order valence-electron chi connectivity index (χ4n) is 2.81. The number of benzene rings is 2. The van der Waals surface area contributed by atoms with E-state index in [2.05, 4.69) is 26.0 Å². The van der Waals surface area contributed by atoms with Gasteiger partial charge in [-0.25, -0.2) is 0 Å². The highest BCUT2D eigenvalue weighted by atomic mass is 16.5. The molecule has 2 N–H and O–H groups in total. The molecule has 0 spiro atoms. The maximum Gasteiger partial charge on any atom is 0.488 e. The van der Waals surface area contributed by atoms with E-state index in [1.807, 2.05) is 30.3 Å². The Balaban J connectivity index is 2.08. The molecule has 0 radical (unpaired) electrons. The predicted molar refractivity (Wildman–Crippen MR) is 84.0 cm³/mol. The van der Waals surface area contributed by atoms with E-state index in [4.69, 9.17) is 4.74 Å². The van der Waals surface area contributed by atoms with Crippen LogP contribution >= 0.6 is 0 Å². The maximum absolute atomic E-state index is 9.53. The molecule has 21 heavy (non-hydrogen) atoms. The molecule has 1 aliphatic heterocycles. The molecule has 0 saturated carbocycles. The lowest BCUT2D eigenvalue weighted by atomic mass is 9.74. The normalized spacial score (nSPS) is 15.4. The number of fused-ring (bicyclic) bond motifs is 1.